The molecule has 2 N–H and O–H groups in total. The molecule has 116 valence electrons. The number of aliphatic hydroxyl groups is 1. The predicted octanol–water partition coefficient (Wildman–Crippen LogP) is 2.75. The molecule has 0 aliphatic carbocycles. The Morgan fingerprint density at radius 3 is 2.33 bits per heavy atom. The zero-order chi connectivity index (χ0) is 15.8. The number of hydrogen-bond donors (Lipinski definition) is 2. The summed E-state index contributed by atoms with van der Waals surface area (Å²) in [5, 5.41) is 19.0. The Bertz CT molecular complexity index is 545. The van der Waals surface area contributed by atoms with Crippen molar-refractivity contribution in [3.05, 3.63) is 29.3 Å². The van der Waals surface area contributed by atoms with E-state index in [2.05, 4.69) is 0 Å². The van der Waals surface area contributed by atoms with Gasteiger partial charge in [-0.3, -0.25) is 0 Å². The van der Waals surface area contributed by atoms with Crippen molar-refractivity contribution >= 4 is 11.7 Å². The highest BCUT2D eigenvalue weighted by Crippen LogP contribution is 2.34. The molecule has 1 heterocycles. The Labute approximate surface area is 119 Å². The van der Waals surface area contributed by atoms with Gasteiger partial charge in [0.05, 0.1) is 22.4 Å². The molecule has 0 unspecified atom stereocenters. The van der Waals surface area contributed by atoms with Crippen molar-refractivity contribution in [3.8, 4) is 0 Å². The molecule has 2 rings (SSSR count). The van der Waals surface area contributed by atoms with E-state index < -0.39 is 23.3 Å². The molecule has 1 fully saturated rings. The minimum absolute atomic E-state index is 0.256. The fraction of sp³-hybridized carbons (Fsp3) is 0.500. The normalized spacial score (nSPS) is 18.6. The maximum absolute atomic E-state index is 12.7. The quantitative estimate of drug-likeness (QED) is 0.882. The van der Waals surface area contributed by atoms with Crippen molar-refractivity contribution in [2.45, 2.75) is 31.5 Å². The first-order chi connectivity index (χ1) is 9.60. The zero-order valence-corrected chi connectivity index (χ0v) is 11.4. The third kappa shape index (κ3) is 3.47. The van der Waals surface area contributed by atoms with Crippen LogP contribution < -0.4 is 4.90 Å². The van der Waals surface area contributed by atoms with Gasteiger partial charge in [-0.15, -0.1) is 0 Å². The molecule has 0 saturated carbocycles. The van der Waals surface area contributed by atoms with Crippen molar-refractivity contribution in [3.63, 3.8) is 0 Å². The number of carbonyl (C=O) groups is 1. The van der Waals surface area contributed by atoms with Crippen LogP contribution in [0.3, 0.4) is 0 Å². The summed E-state index contributed by atoms with van der Waals surface area (Å²) in [6.45, 7) is 2.49. The van der Waals surface area contributed by atoms with Crippen LogP contribution in [-0.2, 0) is 6.18 Å². The number of anilines is 1. The fourth-order valence-electron chi connectivity index (χ4n) is 2.39. The van der Waals surface area contributed by atoms with E-state index in [1.54, 1.807) is 11.8 Å². The first kappa shape index (κ1) is 15.6. The average Bonchev–Trinajstić information content (AvgIpc) is 2.37. The third-order valence-electron chi connectivity index (χ3n) is 3.74. The molecule has 4 nitrogen and oxygen atoms in total. The smallest absolute Gasteiger partial charge is 0.416 e. The molecule has 0 radical (unpaired) electrons. The van der Waals surface area contributed by atoms with Crippen molar-refractivity contribution in [2.75, 3.05) is 18.0 Å². The zero-order valence-electron chi connectivity index (χ0n) is 11.4. The Hall–Kier alpha value is -1.76. The third-order valence-corrected chi connectivity index (χ3v) is 3.74. The SMILES string of the molecule is CC1(O)CCN(c2ccc(C(F)(F)F)cc2C(=O)O)CC1. The Kier molecular flexibility index (Phi) is 3.88. The molecule has 1 aliphatic rings. The molecule has 7 heteroatoms. The summed E-state index contributed by atoms with van der Waals surface area (Å²) in [4.78, 5) is 12.9. The largest absolute Gasteiger partial charge is 0.478 e. The first-order valence-electron chi connectivity index (χ1n) is 6.52. The molecule has 1 aromatic carbocycles. The van der Waals surface area contributed by atoms with Gasteiger partial charge in [0.2, 0.25) is 0 Å². The average molecular weight is 303 g/mol. The summed E-state index contributed by atoms with van der Waals surface area (Å²) in [6, 6.07) is 2.73. The van der Waals surface area contributed by atoms with Crippen LogP contribution in [0.25, 0.3) is 0 Å². The van der Waals surface area contributed by atoms with Gasteiger partial charge in [0, 0.05) is 13.1 Å². The highest BCUT2D eigenvalue weighted by Gasteiger charge is 2.33. The minimum atomic E-state index is -4.58. The number of alkyl halides is 3. The van der Waals surface area contributed by atoms with Gasteiger partial charge in [0.15, 0.2) is 0 Å². The Morgan fingerprint density at radius 2 is 1.86 bits per heavy atom. The van der Waals surface area contributed by atoms with Crippen LogP contribution >= 0.6 is 0 Å². The van der Waals surface area contributed by atoms with E-state index in [4.69, 9.17) is 5.11 Å². The summed E-state index contributed by atoms with van der Waals surface area (Å²) in [5.41, 5.74) is -1.91. The maximum Gasteiger partial charge on any atom is 0.416 e. The standard InChI is InChI=1S/C14H16F3NO3/c1-13(21)4-6-18(7-5-13)11-3-2-9(14(15,16)17)8-10(11)12(19)20/h2-3,8,21H,4-7H2,1H3,(H,19,20). The van der Waals surface area contributed by atoms with Gasteiger partial charge in [-0.05, 0) is 38.0 Å². The maximum atomic E-state index is 12.7. The first-order valence-corrected chi connectivity index (χ1v) is 6.52. The highest BCUT2D eigenvalue weighted by molar-refractivity contribution is 5.94. The molecule has 0 spiro atoms. The number of piperidine rings is 1. The highest BCUT2D eigenvalue weighted by atomic mass is 19.4. The molecule has 0 aromatic heterocycles. The lowest BCUT2D eigenvalue weighted by Gasteiger charge is -2.37. The molecular formula is C14H16F3NO3. The number of benzene rings is 1. The molecule has 1 aromatic rings. The topological polar surface area (TPSA) is 60.8 Å². The molecule has 0 bridgehead atoms. The number of aromatic carboxylic acids is 1. The minimum Gasteiger partial charge on any atom is -0.478 e. The summed E-state index contributed by atoms with van der Waals surface area (Å²) in [6.07, 6.45) is -3.70. The second-order valence-electron chi connectivity index (χ2n) is 5.52. The van der Waals surface area contributed by atoms with E-state index in [0.717, 1.165) is 6.07 Å². The van der Waals surface area contributed by atoms with Gasteiger partial charge in [0.1, 0.15) is 0 Å². The van der Waals surface area contributed by atoms with Crippen LogP contribution in [-0.4, -0.2) is 34.9 Å². The van der Waals surface area contributed by atoms with E-state index in [-0.39, 0.29) is 11.3 Å². The molecule has 0 amide bonds. The summed E-state index contributed by atoms with van der Waals surface area (Å²) in [5.74, 6) is -1.39. The van der Waals surface area contributed by atoms with Crippen molar-refractivity contribution in [1.82, 2.24) is 0 Å². The molecule has 21 heavy (non-hydrogen) atoms. The van der Waals surface area contributed by atoms with Crippen LogP contribution in [0.4, 0.5) is 18.9 Å². The fourth-order valence-corrected chi connectivity index (χ4v) is 2.39. The number of carboxylic acids is 1. The van der Waals surface area contributed by atoms with Crippen molar-refractivity contribution < 1.29 is 28.2 Å². The Morgan fingerprint density at radius 1 is 1.29 bits per heavy atom. The molecule has 0 atom stereocenters. The summed E-state index contributed by atoms with van der Waals surface area (Å²) < 4.78 is 38.0. The van der Waals surface area contributed by atoms with Gasteiger partial charge >= 0.3 is 12.1 Å². The lowest BCUT2D eigenvalue weighted by molar-refractivity contribution is -0.137. The van der Waals surface area contributed by atoms with Crippen LogP contribution in [0.15, 0.2) is 18.2 Å². The van der Waals surface area contributed by atoms with Crippen LogP contribution in [0.2, 0.25) is 0 Å². The lowest BCUT2D eigenvalue weighted by atomic mass is 9.93. The van der Waals surface area contributed by atoms with Crippen LogP contribution in [0.1, 0.15) is 35.7 Å². The van der Waals surface area contributed by atoms with Gasteiger partial charge in [-0.1, -0.05) is 0 Å². The molecule has 1 saturated heterocycles. The summed E-state index contributed by atoms with van der Waals surface area (Å²) >= 11 is 0. The number of rotatable bonds is 2. The summed E-state index contributed by atoms with van der Waals surface area (Å²) in [7, 11) is 0. The number of carboxylic acid groups (broad SMARTS) is 1. The lowest BCUT2D eigenvalue weighted by Crippen LogP contribution is -2.43. The van der Waals surface area contributed by atoms with Crippen molar-refractivity contribution in [1.29, 1.82) is 0 Å². The molecule has 1 aliphatic heterocycles. The van der Waals surface area contributed by atoms with Crippen molar-refractivity contribution in [2.24, 2.45) is 0 Å². The second kappa shape index (κ2) is 5.22. The van der Waals surface area contributed by atoms with Gasteiger partial charge in [-0.25, -0.2) is 4.79 Å². The van der Waals surface area contributed by atoms with Gasteiger partial charge < -0.3 is 15.1 Å². The van der Waals surface area contributed by atoms with Crippen LogP contribution in [0, 0.1) is 0 Å². The Balaban J connectivity index is 2.34. The van der Waals surface area contributed by atoms with E-state index >= 15 is 0 Å². The number of hydrogen-bond acceptors (Lipinski definition) is 3. The van der Waals surface area contributed by atoms with Crippen LogP contribution in [0.5, 0.6) is 0 Å². The van der Waals surface area contributed by atoms with E-state index in [9.17, 15) is 23.1 Å². The van der Waals surface area contributed by atoms with E-state index in [1.165, 1.54) is 6.07 Å². The second-order valence-corrected chi connectivity index (χ2v) is 5.52. The molecular weight excluding hydrogens is 287 g/mol. The number of nitrogens with zero attached hydrogens (tertiary/aromatic N) is 1. The number of halogens is 3. The van der Waals surface area contributed by atoms with Gasteiger partial charge in [-0.2, -0.15) is 13.2 Å². The van der Waals surface area contributed by atoms with Gasteiger partial charge in [0.25, 0.3) is 0 Å². The predicted molar refractivity (Wildman–Crippen MR) is 70.5 cm³/mol. The van der Waals surface area contributed by atoms with E-state index in [0.29, 0.717) is 32.0 Å². The monoisotopic (exact) mass is 303 g/mol. The van der Waals surface area contributed by atoms with E-state index in [1.807, 2.05) is 0 Å².